The zero-order valence-electron chi connectivity index (χ0n) is 16.5. The van der Waals surface area contributed by atoms with Crippen LogP contribution in [0, 0.1) is 0 Å². The lowest BCUT2D eigenvalue weighted by Crippen LogP contribution is -2.41. The normalized spacial score (nSPS) is 12.9. The maximum Gasteiger partial charge on any atom is 0.0174 e. The second-order valence-electron chi connectivity index (χ2n) is 7.76. The fourth-order valence-electron chi connectivity index (χ4n) is 2.46. The summed E-state index contributed by atoms with van der Waals surface area (Å²) in [5.41, 5.74) is 4.32. The van der Waals surface area contributed by atoms with E-state index in [1.54, 1.807) is 0 Å². The van der Waals surface area contributed by atoms with E-state index in [-0.39, 0.29) is 5.54 Å². The molecule has 0 aliphatic carbocycles. The molecule has 1 aromatic carbocycles. The fraction of sp³-hybridized carbons (Fsp3) is 0.478. The van der Waals surface area contributed by atoms with Crippen molar-refractivity contribution in [3.63, 3.8) is 0 Å². The summed E-state index contributed by atoms with van der Waals surface area (Å²) in [4.78, 5) is 2.51. The summed E-state index contributed by atoms with van der Waals surface area (Å²) in [6.07, 6.45) is 11.5. The maximum absolute atomic E-state index is 2.51. The molecule has 1 heteroatoms. The molecular formula is C23H35N. The number of nitrogens with zero attached hydrogens (tertiary/aromatic N) is 1. The van der Waals surface area contributed by atoms with Crippen LogP contribution in [0.1, 0.15) is 59.9 Å². The number of rotatable bonds is 8. The monoisotopic (exact) mass is 325 g/mol. The summed E-state index contributed by atoms with van der Waals surface area (Å²) in [6.45, 7) is 15.4. The van der Waals surface area contributed by atoms with Crippen molar-refractivity contribution in [2.45, 2.75) is 59.9 Å². The average molecular weight is 326 g/mol. The Morgan fingerprint density at radius 1 is 0.958 bits per heavy atom. The lowest BCUT2D eigenvalue weighted by atomic mass is 10.0. The van der Waals surface area contributed by atoms with Crippen molar-refractivity contribution in [2.24, 2.45) is 0 Å². The number of hydrogen-bond acceptors (Lipinski definition) is 1. The molecule has 0 atom stereocenters. The Kier molecular flexibility index (Phi) is 8.78. The Hall–Kier alpha value is -1.60. The van der Waals surface area contributed by atoms with Crippen LogP contribution in [0.4, 0.5) is 0 Å². The van der Waals surface area contributed by atoms with Gasteiger partial charge in [-0.25, -0.2) is 0 Å². The Morgan fingerprint density at radius 2 is 1.62 bits per heavy atom. The van der Waals surface area contributed by atoms with E-state index in [0.717, 1.165) is 25.9 Å². The highest BCUT2D eigenvalue weighted by Gasteiger charge is 2.18. The maximum atomic E-state index is 2.51. The lowest BCUT2D eigenvalue weighted by Gasteiger charge is -2.34. The Balaban J connectivity index is 2.59. The Morgan fingerprint density at radius 3 is 2.21 bits per heavy atom. The van der Waals surface area contributed by atoms with Crippen molar-refractivity contribution in [3.8, 4) is 0 Å². The second-order valence-corrected chi connectivity index (χ2v) is 7.76. The van der Waals surface area contributed by atoms with Crippen LogP contribution in [0.2, 0.25) is 0 Å². The number of allylic oxidation sites excluding steroid dienone is 3. The minimum Gasteiger partial charge on any atom is -0.291 e. The summed E-state index contributed by atoms with van der Waals surface area (Å²) in [5.74, 6) is 0. The van der Waals surface area contributed by atoms with E-state index >= 15 is 0 Å². The topological polar surface area (TPSA) is 3.24 Å². The van der Waals surface area contributed by atoms with Gasteiger partial charge in [-0.3, -0.25) is 4.90 Å². The number of hydrogen-bond donors (Lipinski definition) is 0. The molecule has 24 heavy (non-hydrogen) atoms. The van der Waals surface area contributed by atoms with E-state index in [1.165, 1.54) is 16.7 Å². The first-order valence-electron chi connectivity index (χ1n) is 9.04. The van der Waals surface area contributed by atoms with Gasteiger partial charge in [0.15, 0.2) is 0 Å². The predicted octanol–water partition coefficient (Wildman–Crippen LogP) is 6.49. The average Bonchev–Trinajstić information content (AvgIpc) is 2.50. The van der Waals surface area contributed by atoms with Crippen LogP contribution in [0.3, 0.4) is 0 Å². The third kappa shape index (κ3) is 8.88. The Bertz CT molecular complexity index is 551. The van der Waals surface area contributed by atoms with Crippen LogP contribution < -0.4 is 0 Å². The van der Waals surface area contributed by atoms with Crippen LogP contribution in [0.15, 0.2) is 59.7 Å². The Labute approximate surface area is 149 Å². The van der Waals surface area contributed by atoms with Gasteiger partial charge in [-0.2, -0.15) is 0 Å². The minimum absolute atomic E-state index is 0.164. The largest absolute Gasteiger partial charge is 0.291 e. The van der Waals surface area contributed by atoms with E-state index in [4.69, 9.17) is 0 Å². The molecule has 0 aromatic heterocycles. The highest BCUT2D eigenvalue weighted by molar-refractivity contribution is 5.48. The third-order valence-corrected chi connectivity index (χ3v) is 4.14. The first-order chi connectivity index (χ1) is 11.3. The van der Waals surface area contributed by atoms with Gasteiger partial charge in [0.2, 0.25) is 0 Å². The van der Waals surface area contributed by atoms with Gasteiger partial charge in [-0.05, 0) is 59.9 Å². The van der Waals surface area contributed by atoms with Gasteiger partial charge >= 0.3 is 0 Å². The summed E-state index contributed by atoms with van der Waals surface area (Å²) >= 11 is 0. The van der Waals surface area contributed by atoms with E-state index in [9.17, 15) is 0 Å². The molecule has 132 valence electrons. The molecule has 0 unspecified atom stereocenters. The standard InChI is InChI=1S/C23H35N/c1-20(2)12-10-13-21(3)17-19-24(23(4,5)6)18-11-16-22-14-8-7-9-15-22/h7-9,11-12,14-17H,10,13,18-19H2,1-6H3/b16-11+,21-17+. The second kappa shape index (κ2) is 10.3. The van der Waals surface area contributed by atoms with Crippen molar-refractivity contribution in [1.82, 2.24) is 4.90 Å². The van der Waals surface area contributed by atoms with E-state index in [1.807, 2.05) is 0 Å². The van der Waals surface area contributed by atoms with Crippen molar-refractivity contribution in [2.75, 3.05) is 13.1 Å². The summed E-state index contributed by atoms with van der Waals surface area (Å²) < 4.78 is 0. The smallest absolute Gasteiger partial charge is 0.0174 e. The van der Waals surface area contributed by atoms with Crippen molar-refractivity contribution in [1.29, 1.82) is 0 Å². The SMILES string of the molecule is CC(C)=CCC/C(C)=C/CN(C/C=C/c1ccccc1)C(C)(C)C. The van der Waals surface area contributed by atoms with Gasteiger partial charge in [-0.1, -0.05) is 65.8 Å². The molecule has 1 aromatic rings. The van der Waals surface area contributed by atoms with Crippen LogP contribution in [0.25, 0.3) is 6.08 Å². The van der Waals surface area contributed by atoms with Crippen LogP contribution in [-0.4, -0.2) is 23.5 Å². The zero-order valence-corrected chi connectivity index (χ0v) is 16.5. The summed E-state index contributed by atoms with van der Waals surface area (Å²) in [7, 11) is 0. The van der Waals surface area contributed by atoms with Gasteiger partial charge in [0, 0.05) is 18.6 Å². The molecule has 0 heterocycles. The third-order valence-electron chi connectivity index (χ3n) is 4.14. The predicted molar refractivity (Wildman–Crippen MR) is 109 cm³/mol. The van der Waals surface area contributed by atoms with Crippen LogP contribution in [-0.2, 0) is 0 Å². The molecule has 1 nitrogen and oxygen atoms in total. The lowest BCUT2D eigenvalue weighted by molar-refractivity contribution is 0.172. The molecule has 0 aliphatic heterocycles. The van der Waals surface area contributed by atoms with Crippen LogP contribution in [0.5, 0.6) is 0 Å². The summed E-state index contributed by atoms with van der Waals surface area (Å²) in [5, 5.41) is 0. The molecule has 0 saturated carbocycles. The van der Waals surface area contributed by atoms with E-state index in [2.05, 4.69) is 101 Å². The molecule has 0 amide bonds. The highest BCUT2D eigenvalue weighted by atomic mass is 15.2. The number of benzene rings is 1. The van der Waals surface area contributed by atoms with E-state index in [0.29, 0.717) is 0 Å². The van der Waals surface area contributed by atoms with Crippen molar-refractivity contribution >= 4 is 6.08 Å². The molecular weight excluding hydrogens is 290 g/mol. The van der Waals surface area contributed by atoms with Crippen molar-refractivity contribution in [3.05, 3.63) is 65.3 Å². The first kappa shape index (κ1) is 20.4. The molecule has 0 N–H and O–H groups in total. The van der Waals surface area contributed by atoms with Gasteiger partial charge in [0.05, 0.1) is 0 Å². The van der Waals surface area contributed by atoms with Gasteiger partial charge < -0.3 is 0 Å². The van der Waals surface area contributed by atoms with Gasteiger partial charge in [0.1, 0.15) is 0 Å². The quantitative estimate of drug-likeness (QED) is 0.493. The molecule has 0 fully saturated rings. The molecule has 1 rings (SSSR count). The molecule has 0 radical (unpaired) electrons. The summed E-state index contributed by atoms with van der Waals surface area (Å²) in [6, 6.07) is 10.5. The molecule has 0 saturated heterocycles. The van der Waals surface area contributed by atoms with Gasteiger partial charge in [0.25, 0.3) is 0 Å². The van der Waals surface area contributed by atoms with E-state index < -0.39 is 0 Å². The highest BCUT2D eigenvalue weighted by Crippen LogP contribution is 2.15. The molecule has 0 aliphatic rings. The minimum atomic E-state index is 0.164. The molecule has 0 spiro atoms. The molecule has 0 bridgehead atoms. The van der Waals surface area contributed by atoms with Gasteiger partial charge in [-0.15, -0.1) is 0 Å². The fourth-order valence-corrected chi connectivity index (χ4v) is 2.46. The van der Waals surface area contributed by atoms with Crippen LogP contribution >= 0.6 is 0 Å². The van der Waals surface area contributed by atoms with Crippen molar-refractivity contribution < 1.29 is 0 Å². The zero-order chi connectivity index (χ0) is 18.0. The first-order valence-corrected chi connectivity index (χ1v) is 9.04.